The average molecular weight is 460 g/mol. The molecule has 1 atom stereocenters. The molecule has 176 valence electrons. The van der Waals surface area contributed by atoms with Gasteiger partial charge in [-0.05, 0) is 36.8 Å². The van der Waals surface area contributed by atoms with E-state index in [2.05, 4.69) is 4.99 Å². The molecule has 0 saturated carbocycles. The van der Waals surface area contributed by atoms with Gasteiger partial charge >= 0.3 is 5.97 Å². The summed E-state index contributed by atoms with van der Waals surface area (Å²) in [6, 6.07) is 19.7. The number of benzene rings is 3. The molecule has 0 radical (unpaired) electrons. The molecule has 3 aromatic rings. The van der Waals surface area contributed by atoms with Crippen LogP contribution in [-0.2, 0) is 14.3 Å². The summed E-state index contributed by atoms with van der Waals surface area (Å²) in [4.78, 5) is 18.1. The van der Waals surface area contributed by atoms with Crippen LogP contribution in [0.4, 0.5) is 0 Å². The zero-order valence-electron chi connectivity index (χ0n) is 20.0. The van der Waals surface area contributed by atoms with E-state index in [1.54, 1.807) is 14.0 Å². The third-order valence-electron chi connectivity index (χ3n) is 5.73. The third-order valence-corrected chi connectivity index (χ3v) is 5.73. The topological polar surface area (TPSA) is 66.4 Å². The maximum atomic E-state index is 13.5. The van der Waals surface area contributed by atoms with E-state index >= 15 is 0 Å². The molecule has 0 spiro atoms. The largest absolute Gasteiger partial charge is 0.496 e. The molecule has 1 aliphatic heterocycles. The first-order valence-corrected chi connectivity index (χ1v) is 11.6. The SMILES string of the molecule is CCOC(=O)C1=C(/N=C(\CC)OCC)Oc2ccc3ccccc3c2C1c1ccccc1OC. The van der Waals surface area contributed by atoms with E-state index in [0.29, 0.717) is 36.0 Å². The molecule has 1 unspecified atom stereocenters. The normalized spacial score (nSPS) is 15.5. The quantitative estimate of drug-likeness (QED) is 0.247. The number of fused-ring (bicyclic) bond motifs is 3. The molecule has 0 bridgehead atoms. The van der Waals surface area contributed by atoms with Gasteiger partial charge in [-0.2, -0.15) is 4.99 Å². The predicted molar refractivity (Wildman–Crippen MR) is 132 cm³/mol. The molecule has 34 heavy (non-hydrogen) atoms. The Kier molecular flexibility index (Phi) is 7.16. The number of aliphatic imine (C=N–C) groups is 1. The number of para-hydroxylation sites is 1. The van der Waals surface area contributed by atoms with Crippen LogP contribution in [0.2, 0.25) is 0 Å². The van der Waals surface area contributed by atoms with Gasteiger partial charge in [0.1, 0.15) is 17.1 Å². The van der Waals surface area contributed by atoms with Crippen LogP contribution < -0.4 is 9.47 Å². The first-order chi connectivity index (χ1) is 16.6. The Balaban J connectivity index is 2.08. The van der Waals surface area contributed by atoms with Gasteiger partial charge in [-0.25, -0.2) is 4.79 Å². The summed E-state index contributed by atoms with van der Waals surface area (Å²) >= 11 is 0. The Morgan fingerprint density at radius 3 is 2.41 bits per heavy atom. The third kappa shape index (κ3) is 4.36. The number of esters is 1. The zero-order chi connectivity index (χ0) is 24.1. The Labute approximate surface area is 199 Å². The average Bonchev–Trinajstić information content (AvgIpc) is 2.87. The van der Waals surface area contributed by atoms with Crippen LogP contribution in [0.15, 0.2) is 77.1 Å². The summed E-state index contributed by atoms with van der Waals surface area (Å²) < 4.78 is 23.2. The summed E-state index contributed by atoms with van der Waals surface area (Å²) in [5, 5.41) is 2.03. The van der Waals surface area contributed by atoms with Gasteiger partial charge in [-0.3, -0.25) is 0 Å². The van der Waals surface area contributed by atoms with Crippen molar-refractivity contribution in [1.29, 1.82) is 0 Å². The monoisotopic (exact) mass is 459 g/mol. The highest BCUT2D eigenvalue weighted by Crippen LogP contribution is 2.49. The molecule has 0 fully saturated rings. The second-order valence-electron chi connectivity index (χ2n) is 7.71. The van der Waals surface area contributed by atoms with Crippen LogP contribution in [0.1, 0.15) is 44.2 Å². The molecule has 6 heteroatoms. The van der Waals surface area contributed by atoms with Crippen molar-refractivity contribution in [2.24, 2.45) is 4.99 Å². The first-order valence-electron chi connectivity index (χ1n) is 11.6. The smallest absolute Gasteiger partial charge is 0.340 e. The van der Waals surface area contributed by atoms with Gasteiger partial charge in [-0.15, -0.1) is 0 Å². The fraction of sp³-hybridized carbons (Fsp3) is 0.286. The van der Waals surface area contributed by atoms with Crippen LogP contribution >= 0.6 is 0 Å². The fourth-order valence-corrected chi connectivity index (χ4v) is 4.30. The molecule has 0 aromatic heterocycles. The minimum Gasteiger partial charge on any atom is -0.496 e. The minimum absolute atomic E-state index is 0.183. The molecule has 0 amide bonds. The zero-order valence-corrected chi connectivity index (χ0v) is 20.0. The standard InChI is InChI=1S/C28H29NO5/c1-5-23(32-6-2)29-27-26(28(30)33-7-3)25(20-14-10-11-15-21(20)31-4)24-19-13-9-8-12-18(19)16-17-22(24)34-27/h8-17,25H,5-7H2,1-4H3/b29-23+. The van der Waals surface area contributed by atoms with Gasteiger partial charge in [0.15, 0.2) is 5.90 Å². The lowest BCUT2D eigenvalue weighted by Gasteiger charge is -2.30. The minimum atomic E-state index is -0.511. The maximum absolute atomic E-state index is 13.5. The fourth-order valence-electron chi connectivity index (χ4n) is 4.30. The van der Waals surface area contributed by atoms with Crippen molar-refractivity contribution in [2.45, 2.75) is 33.1 Å². The van der Waals surface area contributed by atoms with Gasteiger partial charge in [-0.1, -0.05) is 55.5 Å². The highest BCUT2D eigenvalue weighted by atomic mass is 16.5. The van der Waals surface area contributed by atoms with E-state index in [1.165, 1.54) is 0 Å². The summed E-state index contributed by atoms with van der Waals surface area (Å²) in [7, 11) is 1.62. The van der Waals surface area contributed by atoms with E-state index in [0.717, 1.165) is 21.9 Å². The molecule has 0 aliphatic carbocycles. The highest BCUT2D eigenvalue weighted by Gasteiger charge is 2.39. The number of nitrogens with zero attached hydrogens (tertiary/aromatic N) is 1. The Morgan fingerprint density at radius 1 is 0.941 bits per heavy atom. The Morgan fingerprint density at radius 2 is 1.68 bits per heavy atom. The molecule has 3 aromatic carbocycles. The lowest BCUT2D eigenvalue weighted by Crippen LogP contribution is -2.25. The molecule has 1 aliphatic rings. The van der Waals surface area contributed by atoms with Gasteiger partial charge < -0.3 is 18.9 Å². The predicted octanol–water partition coefficient (Wildman–Crippen LogP) is 5.99. The van der Waals surface area contributed by atoms with Crippen LogP contribution in [0.25, 0.3) is 10.8 Å². The maximum Gasteiger partial charge on any atom is 0.340 e. The highest BCUT2D eigenvalue weighted by molar-refractivity contribution is 5.97. The summed E-state index contributed by atoms with van der Waals surface area (Å²) in [5.74, 6) is 0.975. The summed E-state index contributed by atoms with van der Waals surface area (Å²) in [6.07, 6.45) is 0.556. The van der Waals surface area contributed by atoms with Gasteiger partial charge in [0.2, 0.25) is 5.88 Å². The van der Waals surface area contributed by atoms with Crippen molar-refractivity contribution >= 4 is 22.6 Å². The first kappa shape index (κ1) is 23.4. The molecular weight excluding hydrogens is 430 g/mol. The van der Waals surface area contributed by atoms with Crippen LogP contribution in [-0.4, -0.2) is 32.2 Å². The number of rotatable bonds is 7. The Hall–Kier alpha value is -3.80. The van der Waals surface area contributed by atoms with Crippen LogP contribution in [0.3, 0.4) is 0 Å². The van der Waals surface area contributed by atoms with Crippen molar-refractivity contribution in [1.82, 2.24) is 0 Å². The molecule has 0 N–H and O–H groups in total. The second-order valence-corrected chi connectivity index (χ2v) is 7.71. The number of carbonyl (C=O) groups is 1. The van der Waals surface area contributed by atoms with Crippen molar-refractivity contribution in [3.63, 3.8) is 0 Å². The van der Waals surface area contributed by atoms with E-state index in [1.807, 2.05) is 74.5 Å². The lowest BCUT2D eigenvalue weighted by atomic mass is 9.80. The number of hydrogen-bond donors (Lipinski definition) is 0. The number of ether oxygens (including phenoxy) is 4. The summed E-state index contributed by atoms with van der Waals surface area (Å²) in [6.45, 7) is 6.32. The van der Waals surface area contributed by atoms with Crippen molar-refractivity contribution in [3.8, 4) is 11.5 Å². The second kappa shape index (κ2) is 10.4. The van der Waals surface area contributed by atoms with E-state index < -0.39 is 11.9 Å². The van der Waals surface area contributed by atoms with Crippen molar-refractivity contribution in [3.05, 3.63) is 83.2 Å². The van der Waals surface area contributed by atoms with E-state index in [4.69, 9.17) is 18.9 Å². The van der Waals surface area contributed by atoms with Gasteiger partial charge in [0.25, 0.3) is 0 Å². The molecule has 1 heterocycles. The lowest BCUT2D eigenvalue weighted by molar-refractivity contribution is -0.139. The van der Waals surface area contributed by atoms with Gasteiger partial charge in [0.05, 0.1) is 26.2 Å². The molecular formula is C28H29NO5. The van der Waals surface area contributed by atoms with Crippen LogP contribution in [0, 0.1) is 0 Å². The summed E-state index contributed by atoms with van der Waals surface area (Å²) in [5.41, 5.74) is 2.02. The van der Waals surface area contributed by atoms with Crippen LogP contribution in [0.5, 0.6) is 11.5 Å². The number of carbonyl (C=O) groups excluding carboxylic acids is 1. The van der Waals surface area contributed by atoms with Crippen molar-refractivity contribution < 1.29 is 23.7 Å². The number of hydrogen-bond acceptors (Lipinski definition) is 6. The number of methoxy groups -OCH3 is 1. The van der Waals surface area contributed by atoms with Gasteiger partial charge in [0, 0.05) is 17.5 Å². The molecule has 0 saturated heterocycles. The molecule has 4 rings (SSSR count). The van der Waals surface area contributed by atoms with E-state index in [9.17, 15) is 4.79 Å². The molecule has 6 nitrogen and oxygen atoms in total. The van der Waals surface area contributed by atoms with E-state index in [-0.39, 0.29) is 12.5 Å². The Bertz CT molecular complexity index is 1260. The van der Waals surface area contributed by atoms with Crippen molar-refractivity contribution in [2.75, 3.05) is 20.3 Å².